The number of hydrogen-bond acceptors (Lipinski definition) is 6. The number of fused-ring (bicyclic) bond motifs is 1. The molecule has 0 spiro atoms. The number of anilines is 1. The molecule has 1 saturated heterocycles. The smallest absolute Gasteiger partial charge is 0.332 e. The maximum Gasteiger partial charge on any atom is 0.332 e. The SMILES string of the molecule is COc1ccc(Cn2c(NC3CCN(Cc4ccccc4)CC3)nc3c2c(=O)n(C)c(=O)n3C)cc1. The second-order valence-electron chi connectivity index (χ2n) is 9.43. The molecule has 5 rings (SSSR count). The zero-order chi connectivity index (χ0) is 25.2. The molecule has 0 atom stereocenters. The first-order valence-corrected chi connectivity index (χ1v) is 12.3. The van der Waals surface area contributed by atoms with Gasteiger partial charge < -0.3 is 10.1 Å². The minimum atomic E-state index is -0.387. The standard InChI is InChI=1S/C27H32N6O3/c1-30-24-23(25(34)31(2)27(30)35)33(18-20-9-11-22(36-3)12-10-20)26(29-24)28-21-13-15-32(16-14-21)17-19-7-5-4-6-8-19/h4-12,21H,13-18H2,1-3H3,(H,28,29). The molecule has 4 aromatic rings. The zero-order valence-electron chi connectivity index (χ0n) is 21.0. The molecular formula is C27H32N6O3. The topological polar surface area (TPSA) is 86.3 Å². The number of hydrogen-bond donors (Lipinski definition) is 1. The molecule has 36 heavy (non-hydrogen) atoms. The summed E-state index contributed by atoms with van der Waals surface area (Å²) in [6, 6.07) is 18.5. The summed E-state index contributed by atoms with van der Waals surface area (Å²) in [7, 11) is 4.79. The van der Waals surface area contributed by atoms with Gasteiger partial charge in [-0.05, 0) is 36.1 Å². The number of benzene rings is 2. The lowest BCUT2D eigenvalue weighted by molar-refractivity contribution is 0.211. The highest BCUT2D eigenvalue weighted by Gasteiger charge is 2.24. The minimum Gasteiger partial charge on any atom is -0.497 e. The molecule has 0 amide bonds. The van der Waals surface area contributed by atoms with E-state index < -0.39 is 0 Å². The number of imidazole rings is 1. The fourth-order valence-electron chi connectivity index (χ4n) is 4.88. The van der Waals surface area contributed by atoms with Gasteiger partial charge in [0.25, 0.3) is 5.56 Å². The van der Waals surface area contributed by atoms with Gasteiger partial charge in [-0.25, -0.2) is 4.79 Å². The van der Waals surface area contributed by atoms with Crippen molar-refractivity contribution in [3.05, 3.63) is 86.6 Å². The number of ether oxygens (including phenoxy) is 1. The van der Waals surface area contributed by atoms with Crippen LogP contribution in [0.4, 0.5) is 5.95 Å². The van der Waals surface area contributed by atoms with Crippen molar-refractivity contribution in [1.29, 1.82) is 0 Å². The van der Waals surface area contributed by atoms with E-state index in [2.05, 4.69) is 34.5 Å². The first-order chi connectivity index (χ1) is 17.4. The Hall–Kier alpha value is -3.85. The van der Waals surface area contributed by atoms with E-state index in [1.165, 1.54) is 17.2 Å². The van der Waals surface area contributed by atoms with Crippen molar-refractivity contribution in [1.82, 2.24) is 23.6 Å². The van der Waals surface area contributed by atoms with Crippen molar-refractivity contribution in [2.45, 2.75) is 32.0 Å². The van der Waals surface area contributed by atoms with Crippen molar-refractivity contribution in [2.24, 2.45) is 14.1 Å². The highest BCUT2D eigenvalue weighted by molar-refractivity contribution is 5.74. The van der Waals surface area contributed by atoms with E-state index in [1.807, 2.05) is 34.9 Å². The van der Waals surface area contributed by atoms with Gasteiger partial charge in [-0.1, -0.05) is 42.5 Å². The van der Waals surface area contributed by atoms with Gasteiger partial charge in [0.2, 0.25) is 5.95 Å². The maximum atomic E-state index is 13.2. The van der Waals surface area contributed by atoms with Crippen molar-refractivity contribution in [3.8, 4) is 5.75 Å². The van der Waals surface area contributed by atoms with Gasteiger partial charge in [-0.15, -0.1) is 0 Å². The average molecular weight is 489 g/mol. The lowest BCUT2D eigenvalue weighted by atomic mass is 10.0. The largest absolute Gasteiger partial charge is 0.497 e. The highest BCUT2D eigenvalue weighted by atomic mass is 16.5. The summed E-state index contributed by atoms with van der Waals surface area (Å²) in [5, 5.41) is 3.60. The first kappa shape index (κ1) is 23.9. The van der Waals surface area contributed by atoms with Gasteiger partial charge in [-0.3, -0.25) is 23.4 Å². The Bertz CT molecular complexity index is 1460. The van der Waals surface area contributed by atoms with Crippen LogP contribution in [-0.4, -0.2) is 49.8 Å². The van der Waals surface area contributed by atoms with Gasteiger partial charge >= 0.3 is 5.69 Å². The molecule has 2 aromatic heterocycles. The molecule has 1 aliphatic rings. The predicted molar refractivity (Wildman–Crippen MR) is 141 cm³/mol. The number of aryl methyl sites for hydroxylation is 1. The average Bonchev–Trinajstić information content (AvgIpc) is 3.26. The third kappa shape index (κ3) is 4.66. The van der Waals surface area contributed by atoms with Gasteiger partial charge in [-0.2, -0.15) is 4.98 Å². The monoisotopic (exact) mass is 488 g/mol. The van der Waals surface area contributed by atoms with E-state index in [4.69, 9.17) is 9.72 Å². The van der Waals surface area contributed by atoms with Crippen LogP contribution in [0.3, 0.4) is 0 Å². The Morgan fingerprint density at radius 1 is 0.917 bits per heavy atom. The summed E-state index contributed by atoms with van der Waals surface area (Å²) in [5.41, 5.74) is 2.40. The number of nitrogens with zero attached hydrogens (tertiary/aromatic N) is 5. The second-order valence-corrected chi connectivity index (χ2v) is 9.43. The van der Waals surface area contributed by atoms with Gasteiger partial charge in [0.15, 0.2) is 11.2 Å². The Morgan fingerprint density at radius 3 is 2.25 bits per heavy atom. The summed E-state index contributed by atoms with van der Waals surface area (Å²) in [5.74, 6) is 1.38. The van der Waals surface area contributed by atoms with Crippen LogP contribution in [0.1, 0.15) is 24.0 Å². The fourth-order valence-corrected chi connectivity index (χ4v) is 4.88. The lowest BCUT2D eigenvalue weighted by Crippen LogP contribution is -2.39. The molecule has 1 fully saturated rings. The van der Waals surface area contributed by atoms with Crippen LogP contribution in [0, 0.1) is 0 Å². The zero-order valence-corrected chi connectivity index (χ0v) is 21.0. The second kappa shape index (κ2) is 10.0. The summed E-state index contributed by atoms with van der Waals surface area (Å²) >= 11 is 0. The molecule has 3 heterocycles. The van der Waals surface area contributed by atoms with Crippen LogP contribution >= 0.6 is 0 Å². The summed E-state index contributed by atoms with van der Waals surface area (Å²) in [6.45, 7) is 3.35. The van der Waals surface area contributed by atoms with Gasteiger partial charge in [0, 0.05) is 39.8 Å². The minimum absolute atomic E-state index is 0.226. The Kier molecular flexibility index (Phi) is 6.65. The Balaban J connectivity index is 1.42. The van der Waals surface area contributed by atoms with Crippen molar-refractivity contribution in [3.63, 3.8) is 0 Å². The maximum absolute atomic E-state index is 13.2. The van der Waals surface area contributed by atoms with Crippen LogP contribution in [0.15, 0.2) is 64.2 Å². The molecule has 0 radical (unpaired) electrons. The number of aromatic nitrogens is 4. The highest BCUT2D eigenvalue weighted by Crippen LogP contribution is 2.23. The molecular weight excluding hydrogens is 456 g/mol. The molecule has 1 N–H and O–H groups in total. The molecule has 0 bridgehead atoms. The third-order valence-electron chi connectivity index (χ3n) is 7.02. The van der Waals surface area contributed by atoms with Crippen LogP contribution in [-0.2, 0) is 27.2 Å². The normalized spacial score (nSPS) is 14.9. The molecule has 0 unspecified atom stereocenters. The van der Waals surface area contributed by atoms with Crippen LogP contribution < -0.4 is 21.3 Å². The number of rotatable bonds is 7. The van der Waals surface area contributed by atoms with E-state index in [9.17, 15) is 9.59 Å². The molecule has 9 heteroatoms. The first-order valence-electron chi connectivity index (χ1n) is 12.3. The molecule has 9 nitrogen and oxygen atoms in total. The molecule has 188 valence electrons. The molecule has 2 aromatic carbocycles. The van der Waals surface area contributed by atoms with Crippen LogP contribution in [0.2, 0.25) is 0 Å². The summed E-state index contributed by atoms with van der Waals surface area (Å²) in [6.07, 6.45) is 1.94. The van der Waals surface area contributed by atoms with Crippen molar-refractivity contribution >= 4 is 17.1 Å². The fraction of sp³-hybridized carbons (Fsp3) is 0.370. The van der Waals surface area contributed by atoms with Crippen LogP contribution in [0.5, 0.6) is 5.75 Å². The number of methoxy groups -OCH3 is 1. The van der Waals surface area contributed by atoms with Crippen LogP contribution in [0.25, 0.3) is 11.2 Å². The van der Waals surface area contributed by atoms with E-state index in [-0.39, 0.29) is 17.3 Å². The molecule has 1 aliphatic heterocycles. The van der Waals surface area contributed by atoms with E-state index in [0.29, 0.717) is 23.7 Å². The van der Waals surface area contributed by atoms with E-state index in [0.717, 1.165) is 48.4 Å². The van der Waals surface area contributed by atoms with Gasteiger partial charge in [0.05, 0.1) is 13.7 Å². The van der Waals surface area contributed by atoms with Crippen molar-refractivity contribution < 1.29 is 4.74 Å². The van der Waals surface area contributed by atoms with E-state index >= 15 is 0 Å². The quantitative estimate of drug-likeness (QED) is 0.430. The Morgan fingerprint density at radius 2 is 1.58 bits per heavy atom. The number of likely N-dealkylation sites (tertiary alicyclic amines) is 1. The predicted octanol–water partition coefficient (Wildman–Crippen LogP) is 2.57. The lowest BCUT2D eigenvalue weighted by Gasteiger charge is -2.32. The van der Waals surface area contributed by atoms with Crippen molar-refractivity contribution in [2.75, 3.05) is 25.5 Å². The molecule has 0 aliphatic carbocycles. The summed E-state index contributed by atoms with van der Waals surface area (Å²) in [4.78, 5) is 32.9. The van der Waals surface area contributed by atoms with E-state index in [1.54, 1.807) is 14.2 Å². The molecule has 0 saturated carbocycles. The Labute approximate surface area is 209 Å². The number of nitrogens with one attached hydrogen (secondary N) is 1. The number of piperidine rings is 1. The van der Waals surface area contributed by atoms with Gasteiger partial charge in [0.1, 0.15) is 5.75 Å². The third-order valence-corrected chi connectivity index (χ3v) is 7.02. The summed E-state index contributed by atoms with van der Waals surface area (Å²) < 4.78 is 9.76.